The van der Waals surface area contributed by atoms with Gasteiger partial charge in [-0.3, -0.25) is 4.90 Å². The van der Waals surface area contributed by atoms with E-state index in [1.165, 1.54) is 18.2 Å². The lowest BCUT2D eigenvalue weighted by molar-refractivity contribution is 0.0695. The van der Waals surface area contributed by atoms with Crippen molar-refractivity contribution in [3.8, 4) is 11.5 Å². The van der Waals surface area contributed by atoms with Crippen LogP contribution in [0.2, 0.25) is 5.02 Å². The van der Waals surface area contributed by atoms with Crippen LogP contribution < -0.4 is 4.74 Å². The van der Waals surface area contributed by atoms with Gasteiger partial charge in [-0.05, 0) is 95.8 Å². The molecule has 0 aliphatic heterocycles. The predicted molar refractivity (Wildman–Crippen MR) is 183 cm³/mol. The molecule has 7 nitrogen and oxygen atoms in total. The third-order valence-electron chi connectivity index (χ3n) is 7.90. The highest BCUT2D eigenvalue weighted by atomic mass is 35.5. The van der Waals surface area contributed by atoms with E-state index >= 15 is 0 Å². The predicted octanol–water partition coefficient (Wildman–Crippen LogP) is 8.00. The molecule has 2 N–H and O–H groups in total. The van der Waals surface area contributed by atoms with Crippen LogP contribution in [0.5, 0.6) is 11.5 Å². The van der Waals surface area contributed by atoms with Gasteiger partial charge in [0.1, 0.15) is 11.5 Å². The minimum Gasteiger partial charge on any atom is -0.478 e. The van der Waals surface area contributed by atoms with Gasteiger partial charge in [-0.25, -0.2) is 13.2 Å². The van der Waals surface area contributed by atoms with E-state index in [0.29, 0.717) is 54.6 Å². The molecule has 0 bridgehead atoms. The molecule has 9 heteroatoms. The number of carboxylic acid groups (broad SMARTS) is 1. The molecule has 0 spiro atoms. The molecule has 0 fully saturated rings. The summed E-state index contributed by atoms with van der Waals surface area (Å²) in [6.07, 6.45) is 0.445. The van der Waals surface area contributed by atoms with E-state index in [1.807, 2.05) is 49.4 Å². The second kappa shape index (κ2) is 15.4. The van der Waals surface area contributed by atoms with Crippen molar-refractivity contribution in [1.29, 1.82) is 0 Å². The highest BCUT2D eigenvalue weighted by Gasteiger charge is 2.20. The number of rotatable bonds is 14. The number of carboxylic acids is 1. The van der Waals surface area contributed by atoms with Gasteiger partial charge in [0.2, 0.25) is 9.84 Å². The number of sulfone groups is 1. The molecule has 0 aliphatic carbocycles. The molecule has 0 radical (unpaired) electrons. The summed E-state index contributed by atoms with van der Waals surface area (Å²) in [6, 6.07) is 35.1. The fourth-order valence-corrected chi connectivity index (χ4v) is 6.87. The van der Waals surface area contributed by atoms with Gasteiger partial charge in [-0.1, -0.05) is 79.2 Å². The summed E-state index contributed by atoms with van der Waals surface area (Å²) in [5, 5.41) is 20.9. The topological polar surface area (TPSA) is 104 Å². The summed E-state index contributed by atoms with van der Waals surface area (Å²) in [5.74, 6) is -0.261. The first-order chi connectivity index (χ1) is 22.6. The first-order valence-electron chi connectivity index (χ1n) is 15.3. The van der Waals surface area contributed by atoms with Crippen molar-refractivity contribution in [2.75, 3.05) is 13.1 Å². The van der Waals surface area contributed by atoms with Gasteiger partial charge in [0.05, 0.1) is 21.5 Å². The molecule has 1 unspecified atom stereocenters. The quantitative estimate of drug-likeness (QED) is 0.123. The van der Waals surface area contributed by atoms with Gasteiger partial charge in [-0.2, -0.15) is 0 Å². The number of aromatic carboxylic acids is 1. The number of aliphatic hydroxyl groups excluding tert-OH is 1. The van der Waals surface area contributed by atoms with Crippen LogP contribution in [-0.4, -0.2) is 42.6 Å². The van der Waals surface area contributed by atoms with Crippen LogP contribution in [0.25, 0.3) is 0 Å². The lowest BCUT2D eigenvalue weighted by atomic mass is 10.1. The Morgan fingerprint density at radius 3 is 2.23 bits per heavy atom. The number of aryl methyl sites for hydroxylation is 1. The lowest BCUT2D eigenvalue weighted by Gasteiger charge is -2.25. The van der Waals surface area contributed by atoms with Crippen LogP contribution in [0.4, 0.5) is 0 Å². The summed E-state index contributed by atoms with van der Waals surface area (Å²) in [6.45, 7) is 3.55. The van der Waals surface area contributed by atoms with Crippen molar-refractivity contribution >= 4 is 27.4 Å². The van der Waals surface area contributed by atoms with E-state index in [2.05, 4.69) is 17.0 Å². The zero-order chi connectivity index (χ0) is 33.4. The van der Waals surface area contributed by atoms with Crippen LogP contribution in [-0.2, 0) is 29.2 Å². The zero-order valence-electron chi connectivity index (χ0n) is 25.9. The number of benzene rings is 5. The second-order valence-electron chi connectivity index (χ2n) is 11.2. The lowest BCUT2D eigenvalue weighted by Crippen LogP contribution is -2.30. The van der Waals surface area contributed by atoms with Gasteiger partial charge in [-0.15, -0.1) is 0 Å². The van der Waals surface area contributed by atoms with E-state index < -0.39 is 21.9 Å². The minimum atomic E-state index is -3.84. The smallest absolute Gasteiger partial charge is 0.335 e. The molecule has 0 aromatic heterocycles. The van der Waals surface area contributed by atoms with Gasteiger partial charge in [0.15, 0.2) is 0 Å². The van der Waals surface area contributed by atoms with Crippen LogP contribution in [0.15, 0.2) is 131 Å². The summed E-state index contributed by atoms with van der Waals surface area (Å²) >= 11 is 6.15. The van der Waals surface area contributed by atoms with Crippen molar-refractivity contribution in [1.82, 2.24) is 4.90 Å². The van der Waals surface area contributed by atoms with Gasteiger partial charge in [0, 0.05) is 24.7 Å². The van der Waals surface area contributed by atoms with Crippen molar-refractivity contribution in [2.24, 2.45) is 0 Å². The minimum absolute atomic E-state index is 0.0876. The van der Waals surface area contributed by atoms with Crippen LogP contribution >= 0.6 is 11.6 Å². The summed E-state index contributed by atoms with van der Waals surface area (Å²) < 4.78 is 33.0. The SMILES string of the molecule is CCc1cc(Oc2cccc(S(=O)(=O)c3ccc(CCN(Cc4ccccc4)CC(O)c4cccc(Cl)c4)cc3)c2)ccc1C(=O)O. The number of carbonyl (C=O) groups is 1. The number of aliphatic hydroxyl groups is 1. The largest absolute Gasteiger partial charge is 0.478 e. The molecular formula is C38H36ClNO6S. The molecule has 5 aromatic carbocycles. The van der Waals surface area contributed by atoms with Gasteiger partial charge >= 0.3 is 5.97 Å². The number of halogens is 1. The standard InChI is InChI=1S/C38H36ClNO6S/c1-2-29-23-33(16-19-36(29)38(42)43)46-32-12-7-13-35(24-32)47(44,45)34-17-14-27(15-18-34)20-21-40(25-28-8-4-3-5-9-28)26-37(41)30-10-6-11-31(39)22-30/h3-19,22-24,37,41H,2,20-21,25-26H2,1H3,(H,42,43). The van der Waals surface area contributed by atoms with E-state index in [9.17, 15) is 23.4 Å². The van der Waals surface area contributed by atoms with Gasteiger partial charge < -0.3 is 14.9 Å². The molecule has 5 rings (SSSR count). The van der Waals surface area contributed by atoms with Crippen molar-refractivity contribution in [2.45, 2.75) is 42.2 Å². The average Bonchev–Trinajstić information content (AvgIpc) is 3.07. The third kappa shape index (κ3) is 8.87. The number of hydrogen-bond donors (Lipinski definition) is 2. The van der Waals surface area contributed by atoms with E-state index in [-0.39, 0.29) is 15.4 Å². The highest BCUT2D eigenvalue weighted by molar-refractivity contribution is 7.91. The van der Waals surface area contributed by atoms with Crippen molar-refractivity contribution < 1.29 is 28.2 Å². The maximum Gasteiger partial charge on any atom is 0.335 e. The Balaban J connectivity index is 1.27. The molecule has 0 saturated carbocycles. The average molecular weight is 670 g/mol. The van der Waals surface area contributed by atoms with Crippen LogP contribution in [0.3, 0.4) is 0 Å². The van der Waals surface area contributed by atoms with E-state index in [0.717, 1.165) is 16.7 Å². The molecule has 242 valence electrons. The van der Waals surface area contributed by atoms with E-state index in [4.69, 9.17) is 16.3 Å². The van der Waals surface area contributed by atoms with Crippen LogP contribution in [0, 0.1) is 0 Å². The highest BCUT2D eigenvalue weighted by Crippen LogP contribution is 2.29. The molecule has 1 atom stereocenters. The van der Waals surface area contributed by atoms with Gasteiger partial charge in [0.25, 0.3) is 0 Å². The monoisotopic (exact) mass is 669 g/mol. The van der Waals surface area contributed by atoms with Crippen molar-refractivity contribution in [3.63, 3.8) is 0 Å². The Morgan fingerprint density at radius 2 is 1.53 bits per heavy atom. The number of nitrogens with zero attached hydrogens (tertiary/aromatic N) is 1. The van der Waals surface area contributed by atoms with Crippen LogP contribution in [0.1, 0.15) is 45.6 Å². The molecule has 5 aromatic rings. The fraction of sp³-hybridized carbons (Fsp3) is 0.184. The Hall–Kier alpha value is -4.47. The second-order valence-corrected chi connectivity index (χ2v) is 13.6. The van der Waals surface area contributed by atoms with E-state index in [1.54, 1.807) is 48.5 Å². The molecule has 0 saturated heterocycles. The summed E-state index contributed by atoms with van der Waals surface area (Å²) in [7, 11) is -3.84. The summed E-state index contributed by atoms with van der Waals surface area (Å²) in [4.78, 5) is 13.9. The first-order valence-corrected chi connectivity index (χ1v) is 17.2. The maximum absolute atomic E-state index is 13.6. The Bertz CT molecular complexity index is 1930. The maximum atomic E-state index is 13.6. The Morgan fingerprint density at radius 1 is 0.809 bits per heavy atom. The molecule has 0 heterocycles. The number of ether oxygens (including phenoxy) is 1. The summed E-state index contributed by atoms with van der Waals surface area (Å²) in [5.41, 5.74) is 3.67. The Kier molecular flexibility index (Phi) is 11.1. The molecule has 0 amide bonds. The normalized spacial score (nSPS) is 12.2. The fourth-order valence-electron chi connectivity index (χ4n) is 5.37. The van der Waals surface area contributed by atoms with Crippen molar-refractivity contribution in [3.05, 3.63) is 154 Å². The first kappa shape index (κ1) is 33.9. The zero-order valence-corrected chi connectivity index (χ0v) is 27.5. The molecule has 0 aliphatic rings. The molecule has 47 heavy (non-hydrogen) atoms. The Labute approximate surface area is 280 Å². The number of hydrogen-bond acceptors (Lipinski definition) is 6. The molecular weight excluding hydrogens is 634 g/mol. The third-order valence-corrected chi connectivity index (χ3v) is 9.91.